The van der Waals surface area contributed by atoms with Crippen LogP contribution >= 0.6 is 0 Å². The molecule has 0 bridgehead atoms. The third kappa shape index (κ3) is 2.85. The van der Waals surface area contributed by atoms with Gasteiger partial charge in [0.1, 0.15) is 12.1 Å². The van der Waals surface area contributed by atoms with E-state index in [0.717, 1.165) is 4.90 Å². The molecule has 1 atom stereocenters. The number of benzene rings is 1. The van der Waals surface area contributed by atoms with E-state index < -0.39 is 17.5 Å². The van der Waals surface area contributed by atoms with Crippen molar-refractivity contribution >= 4 is 11.9 Å². The summed E-state index contributed by atoms with van der Waals surface area (Å²) in [7, 11) is 0. The van der Waals surface area contributed by atoms with Gasteiger partial charge < -0.3 is 9.84 Å². The molecule has 2 heterocycles. The average molecular weight is 339 g/mol. The number of urea groups is 1. The minimum atomic E-state index is -1.25. The van der Waals surface area contributed by atoms with Crippen LogP contribution in [0.4, 0.5) is 4.79 Å². The van der Waals surface area contributed by atoms with Gasteiger partial charge in [-0.1, -0.05) is 31.1 Å². The highest BCUT2D eigenvalue weighted by Crippen LogP contribution is 2.30. The van der Waals surface area contributed by atoms with Gasteiger partial charge in [-0.05, 0) is 24.6 Å². The Morgan fingerprint density at radius 3 is 2.80 bits per heavy atom. The minimum Gasteiger partial charge on any atom is -0.337 e. The molecule has 1 fully saturated rings. The normalized spacial score (nSPS) is 20.0. The largest absolute Gasteiger partial charge is 0.337 e. The summed E-state index contributed by atoms with van der Waals surface area (Å²) >= 11 is 0. The first-order chi connectivity index (χ1) is 11.8. The van der Waals surface area contributed by atoms with Gasteiger partial charge in [0.15, 0.2) is 5.82 Å². The Labute approximate surface area is 144 Å². The molecule has 1 aromatic heterocycles. The van der Waals surface area contributed by atoms with E-state index >= 15 is 0 Å². The quantitative estimate of drug-likeness (QED) is 0.853. The Morgan fingerprint density at radius 1 is 1.40 bits per heavy atom. The van der Waals surface area contributed by atoms with Crippen LogP contribution in [0.15, 0.2) is 28.8 Å². The highest BCUT2D eigenvalue weighted by atomic mass is 16.5. The number of nitrogens with zero attached hydrogens (tertiary/aromatic N) is 4. The topological polar surface area (TPSA) is 112 Å². The van der Waals surface area contributed by atoms with Crippen molar-refractivity contribution < 1.29 is 14.1 Å². The lowest BCUT2D eigenvalue weighted by atomic mass is 9.91. The van der Waals surface area contributed by atoms with E-state index in [1.165, 1.54) is 0 Å². The van der Waals surface area contributed by atoms with E-state index in [0.29, 0.717) is 17.0 Å². The Kier molecular flexibility index (Phi) is 4.00. The van der Waals surface area contributed by atoms with Gasteiger partial charge in [0.2, 0.25) is 5.89 Å². The van der Waals surface area contributed by atoms with Crippen molar-refractivity contribution in [2.24, 2.45) is 0 Å². The lowest BCUT2D eigenvalue weighted by molar-refractivity contribution is -0.131. The molecule has 0 aliphatic carbocycles. The second-order valence-electron chi connectivity index (χ2n) is 6.34. The summed E-state index contributed by atoms with van der Waals surface area (Å²) < 4.78 is 5.12. The van der Waals surface area contributed by atoms with Crippen molar-refractivity contribution in [1.29, 1.82) is 5.26 Å². The zero-order valence-corrected chi connectivity index (χ0v) is 14.1. The van der Waals surface area contributed by atoms with Gasteiger partial charge in [0, 0.05) is 5.92 Å². The number of carbonyl (C=O) groups excluding carboxylic acids is 2. The summed E-state index contributed by atoms with van der Waals surface area (Å²) in [6, 6.07) is 8.09. The smallest absolute Gasteiger partial charge is 0.325 e. The van der Waals surface area contributed by atoms with E-state index in [1.807, 2.05) is 19.9 Å². The molecular formula is C17H17N5O3. The maximum absolute atomic E-state index is 12.9. The number of rotatable bonds is 4. The Bertz CT molecular complexity index is 882. The number of hydrogen-bond donors (Lipinski definition) is 1. The van der Waals surface area contributed by atoms with Crippen LogP contribution in [0.3, 0.4) is 0 Å². The second kappa shape index (κ2) is 6.02. The third-order valence-corrected chi connectivity index (χ3v) is 4.14. The predicted octanol–water partition coefficient (Wildman–Crippen LogP) is 2.03. The molecule has 3 rings (SSSR count). The molecule has 3 amide bonds. The lowest BCUT2D eigenvalue weighted by Crippen LogP contribution is -2.40. The van der Waals surface area contributed by atoms with Crippen LogP contribution in [-0.4, -0.2) is 27.0 Å². The number of nitriles is 1. The molecule has 1 aromatic carbocycles. The predicted molar refractivity (Wildman–Crippen MR) is 86.0 cm³/mol. The molecule has 128 valence electrons. The SMILES string of the molecule is CC(C)c1noc(CN2C(=O)NC(C)(c3cccc(C#N)c3)C2=O)n1. The minimum absolute atomic E-state index is 0.0830. The van der Waals surface area contributed by atoms with Crippen molar-refractivity contribution in [2.75, 3.05) is 0 Å². The van der Waals surface area contributed by atoms with Crippen LogP contribution in [-0.2, 0) is 16.9 Å². The third-order valence-electron chi connectivity index (χ3n) is 4.14. The molecule has 1 N–H and O–H groups in total. The van der Waals surface area contributed by atoms with Crippen molar-refractivity contribution in [1.82, 2.24) is 20.4 Å². The highest BCUT2D eigenvalue weighted by molar-refractivity contribution is 6.07. The second-order valence-corrected chi connectivity index (χ2v) is 6.34. The first kappa shape index (κ1) is 16.6. The maximum atomic E-state index is 12.9. The molecule has 1 aliphatic rings. The molecule has 8 heteroatoms. The van der Waals surface area contributed by atoms with E-state index in [4.69, 9.17) is 9.78 Å². The zero-order chi connectivity index (χ0) is 18.2. The van der Waals surface area contributed by atoms with Gasteiger partial charge in [-0.3, -0.25) is 9.69 Å². The number of amides is 3. The van der Waals surface area contributed by atoms with Crippen molar-refractivity contribution in [2.45, 2.75) is 38.8 Å². The summed E-state index contributed by atoms with van der Waals surface area (Å²) in [5, 5.41) is 15.6. The van der Waals surface area contributed by atoms with E-state index in [9.17, 15) is 9.59 Å². The number of hydrogen-bond acceptors (Lipinski definition) is 6. The van der Waals surface area contributed by atoms with Gasteiger partial charge in [0.05, 0.1) is 11.6 Å². The summed E-state index contributed by atoms with van der Waals surface area (Å²) in [6.45, 7) is 5.35. The fourth-order valence-corrected chi connectivity index (χ4v) is 2.64. The molecule has 2 aromatic rings. The maximum Gasteiger partial charge on any atom is 0.325 e. The van der Waals surface area contributed by atoms with Crippen LogP contribution in [0.25, 0.3) is 0 Å². The van der Waals surface area contributed by atoms with Gasteiger partial charge >= 0.3 is 6.03 Å². The first-order valence-electron chi connectivity index (χ1n) is 7.82. The molecular weight excluding hydrogens is 322 g/mol. The Balaban J connectivity index is 1.87. The fraction of sp³-hybridized carbons (Fsp3) is 0.353. The molecule has 1 aliphatic heterocycles. The Morgan fingerprint density at radius 2 is 2.16 bits per heavy atom. The number of imide groups is 1. The van der Waals surface area contributed by atoms with E-state index in [2.05, 4.69) is 15.5 Å². The molecule has 8 nitrogen and oxygen atoms in total. The fourth-order valence-electron chi connectivity index (χ4n) is 2.64. The van der Waals surface area contributed by atoms with Gasteiger partial charge in [-0.2, -0.15) is 10.2 Å². The number of nitrogens with one attached hydrogen (secondary N) is 1. The van der Waals surface area contributed by atoms with Crippen molar-refractivity contribution in [3.8, 4) is 6.07 Å². The molecule has 0 saturated carbocycles. The average Bonchev–Trinajstić information content (AvgIpc) is 3.15. The molecule has 25 heavy (non-hydrogen) atoms. The number of carbonyl (C=O) groups is 2. The molecule has 1 unspecified atom stereocenters. The summed E-state index contributed by atoms with van der Waals surface area (Å²) in [6.07, 6.45) is 0. The van der Waals surface area contributed by atoms with Gasteiger partial charge in [-0.25, -0.2) is 4.79 Å². The monoisotopic (exact) mass is 339 g/mol. The summed E-state index contributed by atoms with van der Waals surface area (Å²) in [5.74, 6) is 0.366. The van der Waals surface area contributed by atoms with Crippen LogP contribution in [0, 0.1) is 11.3 Å². The molecule has 1 saturated heterocycles. The van der Waals surface area contributed by atoms with Crippen molar-refractivity contribution in [3.63, 3.8) is 0 Å². The first-order valence-corrected chi connectivity index (χ1v) is 7.82. The number of aromatic nitrogens is 2. The van der Waals surface area contributed by atoms with E-state index in [-0.39, 0.29) is 18.4 Å². The van der Waals surface area contributed by atoms with Crippen molar-refractivity contribution in [3.05, 3.63) is 47.1 Å². The Hall–Kier alpha value is -3.21. The van der Waals surface area contributed by atoms with Gasteiger partial charge in [-0.15, -0.1) is 0 Å². The van der Waals surface area contributed by atoms with Crippen LogP contribution < -0.4 is 5.32 Å². The zero-order valence-electron chi connectivity index (χ0n) is 14.1. The molecule has 0 spiro atoms. The highest BCUT2D eigenvalue weighted by Gasteiger charge is 2.49. The lowest BCUT2D eigenvalue weighted by Gasteiger charge is -2.22. The van der Waals surface area contributed by atoms with Crippen LogP contribution in [0.2, 0.25) is 0 Å². The van der Waals surface area contributed by atoms with Crippen LogP contribution in [0.5, 0.6) is 0 Å². The summed E-state index contributed by atoms with van der Waals surface area (Å²) in [5.41, 5.74) is -0.288. The summed E-state index contributed by atoms with van der Waals surface area (Å²) in [4.78, 5) is 30.4. The molecule has 0 radical (unpaired) electrons. The van der Waals surface area contributed by atoms with Crippen LogP contribution in [0.1, 0.15) is 49.5 Å². The van der Waals surface area contributed by atoms with Gasteiger partial charge in [0.25, 0.3) is 5.91 Å². The standard InChI is InChI=1S/C17H17N5O3/c1-10(2)14-19-13(25-21-14)9-22-15(23)17(3,20-16(22)24)12-6-4-5-11(7-12)8-18/h4-7,10H,9H2,1-3H3,(H,20,24). The van der Waals surface area contributed by atoms with E-state index in [1.54, 1.807) is 31.2 Å².